The average Bonchev–Trinajstić information content (AvgIpc) is 2.91. The van der Waals surface area contributed by atoms with Crippen LogP contribution in [-0.4, -0.2) is 24.8 Å². The van der Waals surface area contributed by atoms with Gasteiger partial charge in [-0.1, -0.05) is 30.3 Å². The molecule has 0 amide bonds. The van der Waals surface area contributed by atoms with Gasteiger partial charge in [0.1, 0.15) is 0 Å². The highest BCUT2D eigenvalue weighted by atomic mass is 16.5. The van der Waals surface area contributed by atoms with Crippen LogP contribution in [0.15, 0.2) is 42.5 Å². The van der Waals surface area contributed by atoms with Crippen LogP contribution in [0.25, 0.3) is 0 Å². The molecule has 0 radical (unpaired) electrons. The summed E-state index contributed by atoms with van der Waals surface area (Å²) in [5.74, 6) is 0.737. The van der Waals surface area contributed by atoms with Gasteiger partial charge in [-0.2, -0.15) is 0 Å². The first-order valence-electron chi connectivity index (χ1n) is 7.42. The summed E-state index contributed by atoms with van der Waals surface area (Å²) in [7, 11) is 1.58. The van der Waals surface area contributed by atoms with Gasteiger partial charge >= 0.3 is 0 Å². The van der Waals surface area contributed by atoms with Gasteiger partial charge in [-0.25, -0.2) is 0 Å². The molecule has 0 saturated carbocycles. The molecule has 0 unspecified atom stereocenters. The summed E-state index contributed by atoms with van der Waals surface area (Å²) in [6.45, 7) is 0.937. The van der Waals surface area contributed by atoms with Crippen LogP contribution in [0.2, 0.25) is 0 Å². The number of phenols is 1. The largest absolute Gasteiger partial charge is 0.504 e. The summed E-state index contributed by atoms with van der Waals surface area (Å²) in [4.78, 5) is 0. The zero-order valence-electron chi connectivity index (χ0n) is 12.3. The number of nitrogens with one attached hydrogen (secondary N) is 1. The molecule has 0 heterocycles. The van der Waals surface area contributed by atoms with E-state index in [9.17, 15) is 5.11 Å². The van der Waals surface area contributed by atoms with Crippen molar-refractivity contribution in [2.75, 3.05) is 13.7 Å². The van der Waals surface area contributed by atoms with E-state index in [1.54, 1.807) is 13.2 Å². The SMILES string of the molecule is COc1cc(CCNC2Cc3ccccc3C2)ccc1O. The second-order valence-corrected chi connectivity index (χ2v) is 5.58. The average molecular weight is 283 g/mol. The lowest BCUT2D eigenvalue weighted by Crippen LogP contribution is -2.31. The van der Waals surface area contributed by atoms with Crippen molar-refractivity contribution in [3.63, 3.8) is 0 Å². The molecule has 110 valence electrons. The van der Waals surface area contributed by atoms with Crippen LogP contribution < -0.4 is 10.1 Å². The van der Waals surface area contributed by atoms with Gasteiger partial charge in [-0.05, 0) is 54.6 Å². The number of aromatic hydroxyl groups is 1. The van der Waals surface area contributed by atoms with E-state index in [1.807, 2.05) is 12.1 Å². The molecule has 3 heteroatoms. The minimum atomic E-state index is 0.195. The molecule has 0 aromatic heterocycles. The fourth-order valence-electron chi connectivity index (χ4n) is 3.00. The molecule has 0 saturated heterocycles. The van der Waals surface area contributed by atoms with E-state index in [0.717, 1.165) is 25.8 Å². The molecule has 21 heavy (non-hydrogen) atoms. The molecule has 2 N–H and O–H groups in total. The maximum absolute atomic E-state index is 9.59. The van der Waals surface area contributed by atoms with Crippen molar-refractivity contribution >= 4 is 0 Å². The predicted octanol–water partition coefficient (Wildman–Crippen LogP) is 2.70. The van der Waals surface area contributed by atoms with Crippen molar-refractivity contribution in [3.8, 4) is 11.5 Å². The molecule has 3 nitrogen and oxygen atoms in total. The van der Waals surface area contributed by atoms with Gasteiger partial charge in [0.15, 0.2) is 11.5 Å². The lowest BCUT2D eigenvalue weighted by Gasteiger charge is -2.12. The van der Waals surface area contributed by atoms with Crippen LogP contribution in [0.3, 0.4) is 0 Å². The van der Waals surface area contributed by atoms with Crippen molar-refractivity contribution in [2.24, 2.45) is 0 Å². The first-order chi connectivity index (χ1) is 10.3. The van der Waals surface area contributed by atoms with Crippen molar-refractivity contribution in [1.82, 2.24) is 5.32 Å². The Labute approximate surface area is 125 Å². The first-order valence-corrected chi connectivity index (χ1v) is 7.42. The molecule has 0 bridgehead atoms. The topological polar surface area (TPSA) is 41.5 Å². The highest BCUT2D eigenvalue weighted by Crippen LogP contribution is 2.26. The summed E-state index contributed by atoms with van der Waals surface area (Å²) in [6.07, 6.45) is 3.17. The van der Waals surface area contributed by atoms with Gasteiger partial charge in [-0.3, -0.25) is 0 Å². The predicted molar refractivity (Wildman–Crippen MR) is 84.0 cm³/mol. The fraction of sp³-hybridized carbons (Fsp3) is 0.333. The Hall–Kier alpha value is -2.00. The quantitative estimate of drug-likeness (QED) is 0.886. The van der Waals surface area contributed by atoms with Crippen LogP contribution in [-0.2, 0) is 19.3 Å². The highest BCUT2D eigenvalue weighted by Gasteiger charge is 2.19. The van der Waals surface area contributed by atoms with E-state index in [4.69, 9.17) is 4.74 Å². The monoisotopic (exact) mass is 283 g/mol. The van der Waals surface area contributed by atoms with Gasteiger partial charge in [0.2, 0.25) is 0 Å². The summed E-state index contributed by atoms with van der Waals surface area (Å²) in [5.41, 5.74) is 4.12. The Morgan fingerprint density at radius 3 is 2.52 bits per heavy atom. The molecular weight excluding hydrogens is 262 g/mol. The van der Waals surface area contributed by atoms with Crippen LogP contribution in [0.4, 0.5) is 0 Å². The van der Waals surface area contributed by atoms with Crippen LogP contribution in [0.1, 0.15) is 16.7 Å². The van der Waals surface area contributed by atoms with Crippen LogP contribution >= 0.6 is 0 Å². The molecule has 3 rings (SSSR count). The maximum Gasteiger partial charge on any atom is 0.160 e. The number of fused-ring (bicyclic) bond motifs is 1. The number of phenolic OH excluding ortho intramolecular Hbond substituents is 1. The molecular formula is C18H21NO2. The van der Waals surface area contributed by atoms with Crippen molar-refractivity contribution < 1.29 is 9.84 Å². The smallest absolute Gasteiger partial charge is 0.160 e. The Morgan fingerprint density at radius 1 is 1.14 bits per heavy atom. The minimum Gasteiger partial charge on any atom is -0.504 e. The summed E-state index contributed by atoms with van der Waals surface area (Å²) in [5, 5.41) is 13.2. The van der Waals surface area contributed by atoms with Gasteiger partial charge < -0.3 is 15.2 Å². The molecule has 0 aliphatic heterocycles. The van der Waals surface area contributed by atoms with Crippen LogP contribution in [0, 0.1) is 0 Å². The number of hydrogen-bond donors (Lipinski definition) is 2. The van der Waals surface area contributed by atoms with E-state index < -0.39 is 0 Å². The van der Waals surface area contributed by atoms with E-state index in [2.05, 4.69) is 29.6 Å². The second kappa shape index (κ2) is 6.19. The third-order valence-corrected chi connectivity index (χ3v) is 4.14. The molecule has 0 spiro atoms. The van der Waals surface area contributed by atoms with Crippen molar-refractivity contribution in [2.45, 2.75) is 25.3 Å². The molecule has 1 aliphatic rings. The van der Waals surface area contributed by atoms with Gasteiger partial charge in [-0.15, -0.1) is 0 Å². The summed E-state index contributed by atoms with van der Waals surface area (Å²) >= 11 is 0. The molecule has 2 aromatic rings. The van der Waals surface area contributed by atoms with Crippen LogP contribution in [0.5, 0.6) is 11.5 Å². The lowest BCUT2D eigenvalue weighted by atomic mass is 10.1. The Balaban J connectivity index is 1.51. The Bertz CT molecular complexity index is 599. The Kier molecular flexibility index (Phi) is 4.11. The van der Waals surface area contributed by atoms with E-state index in [1.165, 1.54) is 16.7 Å². The first kappa shape index (κ1) is 14.0. The molecule has 1 aliphatic carbocycles. The zero-order valence-corrected chi connectivity index (χ0v) is 12.3. The zero-order chi connectivity index (χ0) is 14.7. The van der Waals surface area contributed by atoms with E-state index in [0.29, 0.717) is 11.8 Å². The van der Waals surface area contributed by atoms with E-state index >= 15 is 0 Å². The normalized spacial score (nSPS) is 14.1. The van der Waals surface area contributed by atoms with Gasteiger partial charge in [0, 0.05) is 6.04 Å². The molecule has 0 fully saturated rings. The van der Waals surface area contributed by atoms with Crippen molar-refractivity contribution in [1.29, 1.82) is 0 Å². The second-order valence-electron chi connectivity index (χ2n) is 5.58. The third-order valence-electron chi connectivity index (χ3n) is 4.14. The standard InChI is InChI=1S/C18H21NO2/c1-21-18-10-13(6-7-17(18)20)8-9-19-16-11-14-4-2-3-5-15(14)12-16/h2-7,10,16,19-20H,8-9,11-12H2,1H3. The van der Waals surface area contributed by atoms with Crippen molar-refractivity contribution in [3.05, 3.63) is 59.2 Å². The fourth-order valence-corrected chi connectivity index (χ4v) is 3.00. The lowest BCUT2D eigenvalue weighted by molar-refractivity contribution is 0.373. The number of methoxy groups -OCH3 is 1. The maximum atomic E-state index is 9.59. The molecule has 0 atom stereocenters. The van der Waals surface area contributed by atoms with E-state index in [-0.39, 0.29) is 5.75 Å². The molecule has 2 aromatic carbocycles. The summed E-state index contributed by atoms with van der Waals surface area (Å²) in [6, 6.07) is 14.8. The Morgan fingerprint density at radius 2 is 1.86 bits per heavy atom. The minimum absolute atomic E-state index is 0.195. The third kappa shape index (κ3) is 3.19. The number of benzene rings is 2. The number of ether oxygens (including phenoxy) is 1. The van der Waals surface area contributed by atoms with Gasteiger partial charge in [0.25, 0.3) is 0 Å². The highest BCUT2D eigenvalue weighted by molar-refractivity contribution is 5.41. The summed E-state index contributed by atoms with van der Waals surface area (Å²) < 4.78 is 5.14. The number of hydrogen-bond acceptors (Lipinski definition) is 3. The van der Waals surface area contributed by atoms with Gasteiger partial charge in [0.05, 0.1) is 7.11 Å². The number of rotatable bonds is 5.